The highest BCUT2D eigenvalue weighted by molar-refractivity contribution is 5.89. The number of hydrogen-bond donors (Lipinski definition) is 1. The second-order valence-corrected chi connectivity index (χ2v) is 4.19. The molecular weight excluding hydrogens is 217 g/mol. The molecule has 1 N–H and O–H groups in total. The van der Waals surface area contributed by atoms with Gasteiger partial charge in [0.15, 0.2) is 0 Å². The zero-order chi connectivity index (χ0) is 12.4. The van der Waals surface area contributed by atoms with Gasteiger partial charge in [-0.1, -0.05) is 13.0 Å². The van der Waals surface area contributed by atoms with Crippen molar-refractivity contribution in [3.63, 3.8) is 0 Å². The third-order valence-electron chi connectivity index (χ3n) is 3.30. The fraction of sp³-hybridized carbons (Fsp3) is 0.727. The van der Waals surface area contributed by atoms with Crippen LogP contribution in [-0.2, 0) is 0 Å². The maximum atomic E-state index is 12.9. The first-order chi connectivity index (χ1) is 7.33. The zero-order valence-corrected chi connectivity index (χ0v) is 9.62. The van der Waals surface area contributed by atoms with Crippen LogP contribution in [0.3, 0.4) is 0 Å². The minimum absolute atomic E-state index is 0.165. The molecule has 1 fully saturated rings. The van der Waals surface area contributed by atoms with Crippen LogP contribution < -0.4 is 5.32 Å². The molecule has 0 aromatic carbocycles. The molecule has 0 aromatic heterocycles. The summed E-state index contributed by atoms with van der Waals surface area (Å²) >= 11 is 0. The largest absolute Gasteiger partial charge is 0.399 e. The Morgan fingerprint density at radius 1 is 1.44 bits per heavy atom. The molecule has 16 heavy (non-hydrogen) atoms. The number of rotatable bonds is 4. The first-order valence-electron chi connectivity index (χ1n) is 5.27. The summed E-state index contributed by atoms with van der Waals surface area (Å²) in [6.07, 6.45) is -3.23. The molecule has 1 rings (SSSR count). The standard InChI is InChI=1S/C11H17F3N2/c1-8(15-3)7-16-9(2)10(5-4-6-10)11(12,13)14/h15H,1,4-7H2,2-3H3. The van der Waals surface area contributed by atoms with Gasteiger partial charge in [-0.2, -0.15) is 13.2 Å². The zero-order valence-electron chi connectivity index (χ0n) is 9.62. The lowest BCUT2D eigenvalue weighted by Crippen LogP contribution is -2.49. The van der Waals surface area contributed by atoms with E-state index < -0.39 is 11.6 Å². The third kappa shape index (κ3) is 2.23. The van der Waals surface area contributed by atoms with Crippen LogP contribution in [0.25, 0.3) is 0 Å². The van der Waals surface area contributed by atoms with Gasteiger partial charge in [-0.3, -0.25) is 4.99 Å². The molecule has 2 nitrogen and oxygen atoms in total. The Morgan fingerprint density at radius 3 is 2.31 bits per heavy atom. The summed E-state index contributed by atoms with van der Waals surface area (Å²) in [5.41, 5.74) is -0.861. The van der Waals surface area contributed by atoms with E-state index in [2.05, 4.69) is 16.9 Å². The summed E-state index contributed by atoms with van der Waals surface area (Å²) < 4.78 is 38.7. The number of likely N-dealkylation sites (N-methyl/N-ethyl adjacent to an activating group) is 1. The van der Waals surface area contributed by atoms with Crippen LogP contribution in [0, 0.1) is 5.41 Å². The van der Waals surface area contributed by atoms with E-state index in [9.17, 15) is 13.2 Å². The van der Waals surface area contributed by atoms with E-state index in [4.69, 9.17) is 0 Å². The first kappa shape index (κ1) is 13.1. The molecule has 0 atom stereocenters. The topological polar surface area (TPSA) is 24.4 Å². The molecule has 0 radical (unpaired) electrons. The van der Waals surface area contributed by atoms with Gasteiger partial charge < -0.3 is 5.32 Å². The van der Waals surface area contributed by atoms with E-state index in [1.54, 1.807) is 7.05 Å². The summed E-state index contributed by atoms with van der Waals surface area (Å²) in [6, 6.07) is 0. The van der Waals surface area contributed by atoms with Crippen molar-refractivity contribution in [2.24, 2.45) is 10.4 Å². The molecule has 0 amide bonds. The fourth-order valence-electron chi connectivity index (χ4n) is 1.83. The Kier molecular flexibility index (Phi) is 3.65. The molecule has 1 saturated carbocycles. The van der Waals surface area contributed by atoms with Gasteiger partial charge in [0.1, 0.15) is 5.41 Å². The van der Waals surface area contributed by atoms with E-state index in [1.165, 1.54) is 6.92 Å². The van der Waals surface area contributed by atoms with Gasteiger partial charge in [0.2, 0.25) is 0 Å². The van der Waals surface area contributed by atoms with Crippen molar-refractivity contribution in [3.05, 3.63) is 12.3 Å². The summed E-state index contributed by atoms with van der Waals surface area (Å²) in [4.78, 5) is 3.99. The van der Waals surface area contributed by atoms with Gasteiger partial charge in [0.25, 0.3) is 0 Å². The van der Waals surface area contributed by atoms with Gasteiger partial charge in [0, 0.05) is 18.5 Å². The van der Waals surface area contributed by atoms with E-state index in [0.717, 1.165) is 0 Å². The van der Waals surface area contributed by atoms with Gasteiger partial charge in [-0.15, -0.1) is 0 Å². The quantitative estimate of drug-likeness (QED) is 0.743. The predicted molar refractivity (Wildman–Crippen MR) is 58.5 cm³/mol. The average Bonchev–Trinajstić information content (AvgIpc) is 2.09. The Morgan fingerprint density at radius 2 is 2.00 bits per heavy atom. The molecule has 0 bridgehead atoms. The van der Waals surface area contributed by atoms with Gasteiger partial charge in [-0.25, -0.2) is 0 Å². The minimum atomic E-state index is -4.18. The predicted octanol–water partition coefficient (Wildman–Crippen LogP) is 2.91. The fourth-order valence-corrected chi connectivity index (χ4v) is 1.83. The van der Waals surface area contributed by atoms with Crippen LogP contribution >= 0.6 is 0 Å². The molecule has 1 aliphatic rings. The van der Waals surface area contributed by atoms with Gasteiger partial charge in [0.05, 0.1) is 6.54 Å². The summed E-state index contributed by atoms with van der Waals surface area (Å²) in [7, 11) is 1.68. The SMILES string of the molecule is C=C(CN=C(C)C1(C(F)(F)F)CCC1)NC. The lowest BCUT2D eigenvalue weighted by atomic mass is 9.65. The number of aliphatic imine (C=N–C) groups is 1. The Balaban J connectivity index is 2.78. The molecule has 5 heteroatoms. The number of hydrogen-bond acceptors (Lipinski definition) is 2. The summed E-state index contributed by atoms with van der Waals surface area (Å²) in [5.74, 6) is 0. The van der Waals surface area contributed by atoms with Crippen LogP contribution in [0.5, 0.6) is 0 Å². The number of alkyl halides is 3. The average molecular weight is 234 g/mol. The van der Waals surface area contributed by atoms with Crippen LogP contribution in [0.4, 0.5) is 13.2 Å². The van der Waals surface area contributed by atoms with E-state index in [0.29, 0.717) is 12.1 Å². The number of halogens is 3. The Hall–Kier alpha value is -1.00. The monoisotopic (exact) mass is 234 g/mol. The maximum absolute atomic E-state index is 12.9. The van der Waals surface area contributed by atoms with Crippen molar-refractivity contribution < 1.29 is 13.2 Å². The molecule has 92 valence electrons. The van der Waals surface area contributed by atoms with Crippen molar-refractivity contribution in [3.8, 4) is 0 Å². The number of nitrogens with zero attached hydrogens (tertiary/aromatic N) is 1. The molecule has 0 aliphatic heterocycles. The highest BCUT2D eigenvalue weighted by Gasteiger charge is 2.59. The summed E-state index contributed by atoms with van der Waals surface area (Å²) in [5, 5.41) is 2.76. The first-order valence-corrected chi connectivity index (χ1v) is 5.27. The van der Waals surface area contributed by atoms with Crippen LogP contribution in [0.2, 0.25) is 0 Å². The lowest BCUT2D eigenvalue weighted by Gasteiger charge is -2.43. The lowest BCUT2D eigenvalue weighted by molar-refractivity contribution is -0.220. The molecule has 0 heterocycles. The highest BCUT2D eigenvalue weighted by atomic mass is 19.4. The molecule has 0 spiro atoms. The van der Waals surface area contributed by atoms with E-state index in [-0.39, 0.29) is 25.1 Å². The molecular formula is C11H17F3N2. The van der Waals surface area contributed by atoms with Crippen molar-refractivity contribution >= 4 is 5.71 Å². The molecule has 0 saturated heterocycles. The highest BCUT2D eigenvalue weighted by Crippen LogP contribution is 2.53. The van der Waals surface area contributed by atoms with Crippen molar-refractivity contribution in [1.82, 2.24) is 5.32 Å². The van der Waals surface area contributed by atoms with E-state index >= 15 is 0 Å². The Bertz CT molecular complexity index is 301. The summed E-state index contributed by atoms with van der Waals surface area (Å²) in [6.45, 7) is 5.31. The Labute approximate surface area is 93.6 Å². The van der Waals surface area contributed by atoms with Crippen LogP contribution in [-0.4, -0.2) is 25.5 Å². The van der Waals surface area contributed by atoms with E-state index in [1.807, 2.05) is 0 Å². The smallest absolute Gasteiger partial charge is 0.390 e. The molecule has 0 unspecified atom stereocenters. The van der Waals surface area contributed by atoms with Crippen LogP contribution in [0.1, 0.15) is 26.2 Å². The van der Waals surface area contributed by atoms with Crippen molar-refractivity contribution in [2.75, 3.05) is 13.6 Å². The normalized spacial score (nSPS) is 20.2. The second kappa shape index (κ2) is 4.47. The van der Waals surface area contributed by atoms with Gasteiger partial charge in [-0.05, 0) is 19.8 Å². The van der Waals surface area contributed by atoms with Crippen LogP contribution in [0.15, 0.2) is 17.3 Å². The third-order valence-corrected chi connectivity index (χ3v) is 3.30. The van der Waals surface area contributed by atoms with Crippen molar-refractivity contribution in [2.45, 2.75) is 32.4 Å². The number of nitrogens with one attached hydrogen (secondary N) is 1. The maximum Gasteiger partial charge on any atom is 0.399 e. The molecule has 0 aromatic rings. The second-order valence-electron chi connectivity index (χ2n) is 4.19. The van der Waals surface area contributed by atoms with Crippen molar-refractivity contribution in [1.29, 1.82) is 0 Å². The minimum Gasteiger partial charge on any atom is -0.390 e. The van der Waals surface area contributed by atoms with Gasteiger partial charge >= 0.3 is 6.18 Å². The molecule has 1 aliphatic carbocycles.